The van der Waals surface area contributed by atoms with Gasteiger partial charge in [0.15, 0.2) is 0 Å². The first-order valence-corrected chi connectivity index (χ1v) is 5.96. The van der Waals surface area contributed by atoms with Gasteiger partial charge < -0.3 is 15.4 Å². The predicted molar refractivity (Wildman–Crippen MR) is 57.6 cm³/mol. The Morgan fingerprint density at radius 2 is 2.27 bits per heavy atom. The fraction of sp³-hybridized carbons (Fsp3) is 0.909. The predicted octanol–water partition coefficient (Wildman–Crippen LogP) is 0.424. The maximum absolute atomic E-state index is 11.3. The Labute approximate surface area is 90.8 Å². The third-order valence-electron chi connectivity index (χ3n) is 2.88. The average molecular weight is 212 g/mol. The highest BCUT2D eigenvalue weighted by atomic mass is 16.5. The van der Waals surface area contributed by atoms with E-state index >= 15 is 0 Å². The molecule has 4 heteroatoms. The maximum atomic E-state index is 11.3. The highest BCUT2D eigenvalue weighted by molar-refractivity contribution is 5.76. The van der Waals surface area contributed by atoms with E-state index < -0.39 is 0 Å². The molecule has 2 rings (SSSR count). The zero-order valence-corrected chi connectivity index (χ0v) is 9.13. The van der Waals surface area contributed by atoms with Crippen LogP contribution in [-0.4, -0.2) is 37.7 Å². The molecule has 15 heavy (non-hydrogen) atoms. The molecular formula is C11H20N2O2. The van der Waals surface area contributed by atoms with Crippen molar-refractivity contribution in [2.24, 2.45) is 0 Å². The summed E-state index contributed by atoms with van der Waals surface area (Å²) in [5, 5.41) is 6.25. The monoisotopic (exact) mass is 212 g/mol. The second-order valence-electron chi connectivity index (χ2n) is 4.43. The van der Waals surface area contributed by atoms with Gasteiger partial charge in [0.25, 0.3) is 0 Å². The topological polar surface area (TPSA) is 50.4 Å². The van der Waals surface area contributed by atoms with Crippen molar-refractivity contribution in [2.75, 3.05) is 19.7 Å². The van der Waals surface area contributed by atoms with Crippen LogP contribution in [0.15, 0.2) is 0 Å². The van der Waals surface area contributed by atoms with Gasteiger partial charge in [-0.2, -0.15) is 0 Å². The SMILES string of the molecule is O=C(CCOC1CCCNC1)NC1CC1. The van der Waals surface area contributed by atoms with Crippen LogP contribution in [-0.2, 0) is 9.53 Å². The summed E-state index contributed by atoms with van der Waals surface area (Å²) in [5.41, 5.74) is 0. The molecule has 1 amide bonds. The first-order chi connectivity index (χ1) is 7.34. The number of amides is 1. The summed E-state index contributed by atoms with van der Waals surface area (Å²) in [6, 6.07) is 0.467. The molecule has 1 saturated heterocycles. The van der Waals surface area contributed by atoms with Crippen LogP contribution in [0.5, 0.6) is 0 Å². The largest absolute Gasteiger partial charge is 0.376 e. The van der Waals surface area contributed by atoms with Crippen molar-refractivity contribution < 1.29 is 9.53 Å². The molecule has 2 N–H and O–H groups in total. The highest BCUT2D eigenvalue weighted by Gasteiger charge is 2.23. The van der Waals surface area contributed by atoms with Crippen LogP contribution in [0.1, 0.15) is 32.1 Å². The highest BCUT2D eigenvalue weighted by Crippen LogP contribution is 2.18. The molecule has 0 aromatic carbocycles. The zero-order valence-electron chi connectivity index (χ0n) is 9.13. The van der Waals surface area contributed by atoms with Gasteiger partial charge in [0.1, 0.15) is 0 Å². The molecule has 1 unspecified atom stereocenters. The van der Waals surface area contributed by atoms with E-state index in [4.69, 9.17) is 4.74 Å². The van der Waals surface area contributed by atoms with Gasteiger partial charge >= 0.3 is 0 Å². The van der Waals surface area contributed by atoms with Crippen LogP contribution < -0.4 is 10.6 Å². The Morgan fingerprint density at radius 1 is 1.40 bits per heavy atom. The van der Waals surface area contributed by atoms with Crippen molar-refractivity contribution in [1.82, 2.24) is 10.6 Å². The number of piperidine rings is 1. The Balaban J connectivity index is 1.51. The van der Waals surface area contributed by atoms with Crippen LogP contribution in [0.25, 0.3) is 0 Å². The van der Waals surface area contributed by atoms with Crippen LogP contribution in [0, 0.1) is 0 Å². The molecule has 1 saturated carbocycles. The van der Waals surface area contributed by atoms with Gasteiger partial charge in [-0.25, -0.2) is 0 Å². The molecule has 2 aliphatic rings. The lowest BCUT2D eigenvalue weighted by Crippen LogP contribution is -2.36. The summed E-state index contributed by atoms with van der Waals surface area (Å²) in [6.45, 7) is 2.59. The number of carbonyl (C=O) groups excluding carboxylic acids is 1. The van der Waals surface area contributed by atoms with Gasteiger partial charge in [-0.05, 0) is 32.2 Å². The molecule has 86 valence electrons. The normalized spacial score (nSPS) is 26.3. The van der Waals surface area contributed by atoms with Gasteiger partial charge in [-0.3, -0.25) is 4.79 Å². The number of nitrogens with one attached hydrogen (secondary N) is 2. The summed E-state index contributed by atoms with van der Waals surface area (Å²) in [7, 11) is 0. The lowest BCUT2D eigenvalue weighted by Gasteiger charge is -2.22. The van der Waals surface area contributed by atoms with Crippen molar-refractivity contribution in [1.29, 1.82) is 0 Å². The zero-order chi connectivity index (χ0) is 10.5. The molecule has 1 aliphatic carbocycles. The minimum absolute atomic E-state index is 0.140. The van der Waals surface area contributed by atoms with E-state index in [0.29, 0.717) is 25.2 Å². The Kier molecular flexibility index (Phi) is 3.97. The number of carbonyl (C=O) groups is 1. The number of rotatable bonds is 5. The molecule has 1 heterocycles. The van der Waals surface area contributed by atoms with Crippen LogP contribution in [0.4, 0.5) is 0 Å². The molecular weight excluding hydrogens is 192 g/mol. The van der Waals surface area contributed by atoms with E-state index in [1.165, 1.54) is 6.42 Å². The average Bonchev–Trinajstić information content (AvgIpc) is 3.03. The van der Waals surface area contributed by atoms with E-state index in [9.17, 15) is 4.79 Å². The van der Waals surface area contributed by atoms with Gasteiger partial charge in [0.2, 0.25) is 5.91 Å². The fourth-order valence-electron chi connectivity index (χ4n) is 1.81. The molecule has 4 nitrogen and oxygen atoms in total. The van der Waals surface area contributed by atoms with Crippen molar-refractivity contribution in [3.63, 3.8) is 0 Å². The van der Waals surface area contributed by atoms with Crippen LogP contribution >= 0.6 is 0 Å². The van der Waals surface area contributed by atoms with E-state index in [1.807, 2.05) is 0 Å². The van der Waals surface area contributed by atoms with Crippen LogP contribution in [0.2, 0.25) is 0 Å². The van der Waals surface area contributed by atoms with E-state index in [-0.39, 0.29) is 5.91 Å². The lowest BCUT2D eigenvalue weighted by molar-refractivity contribution is -0.122. The molecule has 0 bridgehead atoms. The second-order valence-corrected chi connectivity index (χ2v) is 4.43. The molecule has 1 aliphatic heterocycles. The van der Waals surface area contributed by atoms with E-state index in [1.54, 1.807) is 0 Å². The Morgan fingerprint density at radius 3 is 2.93 bits per heavy atom. The second kappa shape index (κ2) is 5.47. The van der Waals surface area contributed by atoms with Crippen LogP contribution in [0.3, 0.4) is 0 Å². The number of hydrogen-bond acceptors (Lipinski definition) is 3. The summed E-state index contributed by atoms with van der Waals surface area (Å²) >= 11 is 0. The van der Waals surface area contributed by atoms with Gasteiger partial charge in [0, 0.05) is 19.0 Å². The fourth-order valence-corrected chi connectivity index (χ4v) is 1.81. The summed E-state index contributed by atoms with van der Waals surface area (Å²) in [4.78, 5) is 11.3. The van der Waals surface area contributed by atoms with E-state index in [2.05, 4.69) is 10.6 Å². The molecule has 1 atom stereocenters. The Bertz CT molecular complexity index is 211. The van der Waals surface area contributed by atoms with Gasteiger partial charge in [0.05, 0.1) is 12.7 Å². The summed E-state index contributed by atoms with van der Waals surface area (Å²) in [5.74, 6) is 0.140. The lowest BCUT2D eigenvalue weighted by atomic mass is 10.1. The standard InChI is InChI=1S/C11H20N2O2/c14-11(13-9-3-4-9)5-7-15-10-2-1-6-12-8-10/h9-10,12H,1-8H2,(H,13,14). The molecule has 0 aromatic heterocycles. The van der Waals surface area contributed by atoms with E-state index in [0.717, 1.165) is 32.4 Å². The molecule has 0 radical (unpaired) electrons. The van der Waals surface area contributed by atoms with Crippen molar-refractivity contribution in [3.05, 3.63) is 0 Å². The molecule has 2 fully saturated rings. The third-order valence-corrected chi connectivity index (χ3v) is 2.88. The minimum Gasteiger partial charge on any atom is -0.376 e. The van der Waals surface area contributed by atoms with Crippen molar-refractivity contribution in [2.45, 2.75) is 44.2 Å². The van der Waals surface area contributed by atoms with Gasteiger partial charge in [-0.1, -0.05) is 0 Å². The summed E-state index contributed by atoms with van der Waals surface area (Å²) < 4.78 is 5.63. The maximum Gasteiger partial charge on any atom is 0.222 e. The Hall–Kier alpha value is -0.610. The quantitative estimate of drug-likeness (QED) is 0.694. The van der Waals surface area contributed by atoms with Crippen molar-refractivity contribution in [3.8, 4) is 0 Å². The smallest absolute Gasteiger partial charge is 0.222 e. The number of hydrogen-bond donors (Lipinski definition) is 2. The summed E-state index contributed by atoms with van der Waals surface area (Å²) in [6.07, 6.45) is 5.43. The van der Waals surface area contributed by atoms with Crippen molar-refractivity contribution >= 4 is 5.91 Å². The van der Waals surface area contributed by atoms with Gasteiger partial charge in [-0.15, -0.1) is 0 Å². The number of ether oxygens (including phenoxy) is 1. The molecule has 0 aromatic rings. The first-order valence-electron chi connectivity index (χ1n) is 5.96. The minimum atomic E-state index is 0.140. The first kappa shape index (κ1) is 10.9. The molecule has 0 spiro atoms. The third kappa shape index (κ3) is 4.18.